The summed E-state index contributed by atoms with van der Waals surface area (Å²) in [7, 11) is 2.15. The Balaban J connectivity index is 1.27. The van der Waals surface area contributed by atoms with Gasteiger partial charge in [0.25, 0.3) is 0 Å². The molecule has 2 aromatic rings. The average Bonchev–Trinajstić information content (AvgIpc) is 3.19. The summed E-state index contributed by atoms with van der Waals surface area (Å²) in [4.78, 5) is 23.5. The minimum atomic E-state index is -0.267. The second-order valence-electron chi connectivity index (χ2n) is 7.84. The number of likely N-dealkylation sites (tertiary alicyclic amines) is 1. The molecule has 1 fully saturated rings. The molecule has 9 nitrogen and oxygen atoms in total. The lowest BCUT2D eigenvalue weighted by Gasteiger charge is -2.28. The fourth-order valence-corrected chi connectivity index (χ4v) is 4.04. The highest BCUT2D eigenvalue weighted by Crippen LogP contribution is 2.29. The SMILES string of the molecule is CN1CCC(OCCCNC(=O)C2CCCn3c(-c4cnccn4)nnc32)CC1. The number of carbonyl (C=O) groups excluding carboxylic acids is 1. The minimum absolute atomic E-state index is 0.0170. The van der Waals surface area contributed by atoms with Crippen molar-refractivity contribution in [1.29, 1.82) is 0 Å². The van der Waals surface area contributed by atoms with Crippen molar-refractivity contribution < 1.29 is 9.53 Å². The number of hydrogen-bond donors (Lipinski definition) is 1. The van der Waals surface area contributed by atoms with Crippen molar-refractivity contribution in [1.82, 2.24) is 34.9 Å². The Kier molecular flexibility index (Phi) is 6.46. The zero-order valence-corrected chi connectivity index (χ0v) is 17.0. The van der Waals surface area contributed by atoms with Crippen LogP contribution in [0.25, 0.3) is 11.5 Å². The molecule has 0 aliphatic carbocycles. The molecule has 4 rings (SSSR count). The normalized spacial score (nSPS) is 20.4. The zero-order chi connectivity index (χ0) is 20.1. The first-order valence-corrected chi connectivity index (χ1v) is 10.5. The van der Waals surface area contributed by atoms with Gasteiger partial charge in [0.1, 0.15) is 11.5 Å². The molecular weight excluding hydrogens is 370 g/mol. The number of carbonyl (C=O) groups is 1. The summed E-state index contributed by atoms with van der Waals surface area (Å²) in [5, 5.41) is 11.6. The second-order valence-corrected chi connectivity index (χ2v) is 7.84. The summed E-state index contributed by atoms with van der Waals surface area (Å²) in [6.07, 6.45) is 10.0. The summed E-state index contributed by atoms with van der Waals surface area (Å²) in [6.45, 7) is 4.29. The number of piperidine rings is 1. The molecule has 2 aromatic heterocycles. The van der Waals surface area contributed by atoms with Gasteiger partial charge in [-0.2, -0.15) is 0 Å². The second kappa shape index (κ2) is 9.41. The van der Waals surface area contributed by atoms with Gasteiger partial charge in [0.15, 0.2) is 5.82 Å². The number of amides is 1. The highest BCUT2D eigenvalue weighted by Gasteiger charge is 2.31. The lowest BCUT2D eigenvalue weighted by Crippen LogP contribution is -2.35. The molecule has 4 heterocycles. The van der Waals surface area contributed by atoms with Gasteiger partial charge < -0.3 is 19.5 Å². The zero-order valence-electron chi connectivity index (χ0n) is 17.0. The number of nitrogens with one attached hydrogen (secondary N) is 1. The Morgan fingerprint density at radius 2 is 2.07 bits per heavy atom. The molecule has 29 heavy (non-hydrogen) atoms. The third-order valence-electron chi connectivity index (χ3n) is 5.71. The number of ether oxygens (including phenoxy) is 1. The van der Waals surface area contributed by atoms with E-state index in [-0.39, 0.29) is 11.8 Å². The van der Waals surface area contributed by atoms with Crippen LogP contribution >= 0.6 is 0 Å². The number of nitrogens with zero attached hydrogens (tertiary/aromatic N) is 6. The first-order chi connectivity index (χ1) is 14.2. The van der Waals surface area contributed by atoms with E-state index in [1.807, 2.05) is 4.57 Å². The predicted octanol–water partition coefficient (Wildman–Crippen LogP) is 1.23. The van der Waals surface area contributed by atoms with Gasteiger partial charge in [-0.15, -0.1) is 10.2 Å². The lowest BCUT2D eigenvalue weighted by molar-refractivity contribution is -0.123. The van der Waals surface area contributed by atoms with Crippen LogP contribution < -0.4 is 5.32 Å². The quantitative estimate of drug-likeness (QED) is 0.699. The summed E-state index contributed by atoms with van der Waals surface area (Å²) >= 11 is 0. The third kappa shape index (κ3) is 4.79. The van der Waals surface area contributed by atoms with Crippen molar-refractivity contribution >= 4 is 5.91 Å². The molecule has 156 valence electrons. The Labute approximate surface area is 170 Å². The summed E-state index contributed by atoms with van der Waals surface area (Å²) in [6, 6.07) is 0. The highest BCUT2D eigenvalue weighted by atomic mass is 16.5. The lowest BCUT2D eigenvalue weighted by atomic mass is 9.97. The molecule has 1 atom stereocenters. The van der Waals surface area contributed by atoms with Crippen molar-refractivity contribution in [2.45, 2.75) is 50.7 Å². The highest BCUT2D eigenvalue weighted by molar-refractivity contribution is 5.83. The molecule has 1 saturated heterocycles. The molecule has 0 saturated carbocycles. The Morgan fingerprint density at radius 1 is 1.21 bits per heavy atom. The number of rotatable bonds is 7. The van der Waals surface area contributed by atoms with E-state index in [1.165, 1.54) is 0 Å². The monoisotopic (exact) mass is 399 g/mol. The van der Waals surface area contributed by atoms with Gasteiger partial charge in [-0.05, 0) is 39.2 Å². The molecule has 2 aliphatic heterocycles. The maximum atomic E-state index is 12.7. The van der Waals surface area contributed by atoms with Gasteiger partial charge in [0, 0.05) is 45.2 Å². The Bertz CT molecular complexity index is 802. The average molecular weight is 399 g/mol. The smallest absolute Gasteiger partial charge is 0.230 e. The summed E-state index contributed by atoms with van der Waals surface area (Å²) in [5.41, 5.74) is 0.679. The van der Waals surface area contributed by atoms with Crippen LogP contribution in [0.4, 0.5) is 0 Å². The van der Waals surface area contributed by atoms with Crippen LogP contribution in [0, 0.1) is 0 Å². The Hall–Kier alpha value is -2.39. The van der Waals surface area contributed by atoms with Gasteiger partial charge in [-0.3, -0.25) is 9.78 Å². The van der Waals surface area contributed by atoms with Crippen LogP contribution in [0.2, 0.25) is 0 Å². The summed E-state index contributed by atoms with van der Waals surface area (Å²) < 4.78 is 7.95. The van der Waals surface area contributed by atoms with Crippen molar-refractivity contribution in [3.63, 3.8) is 0 Å². The van der Waals surface area contributed by atoms with Crippen LogP contribution in [-0.2, 0) is 16.1 Å². The van der Waals surface area contributed by atoms with Crippen molar-refractivity contribution in [3.05, 3.63) is 24.4 Å². The standard InChI is InChI=1S/C20H29N7O2/c1-26-11-5-15(6-12-26)29-13-3-7-23-20(28)16-4-2-10-27-18(16)24-25-19(27)17-14-21-8-9-22-17/h8-9,14-16H,2-7,10-13H2,1H3,(H,23,28). The predicted molar refractivity (Wildman–Crippen MR) is 107 cm³/mol. The van der Waals surface area contributed by atoms with Crippen molar-refractivity contribution in [2.24, 2.45) is 0 Å². The van der Waals surface area contributed by atoms with Gasteiger partial charge >= 0.3 is 0 Å². The molecule has 9 heteroatoms. The van der Waals surface area contributed by atoms with E-state index in [0.29, 0.717) is 30.8 Å². The van der Waals surface area contributed by atoms with E-state index < -0.39 is 0 Å². The molecular formula is C20H29N7O2. The van der Waals surface area contributed by atoms with Crippen LogP contribution in [-0.4, -0.2) is 74.9 Å². The number of fused-ring (bicyclic) bond motifs is 1. The topological polar surface area (TPSA) is 98.1 Å². The molecule has 1 amide bonds. The van der Waals surface area contributed by atoms with E-state index >= 15 is 0 Å². The van der Waals surface area contributed by atoms with Crippen LogP contribution in [0.5, 0.6) is 0 Å². The van der Waals surface area contributed by atoms with Crippen molar-refractivity contribution in [2.75, 3.05) is 33.3 Å². The first kappa shape index (κ1) is 19.9. The van der Waals surface area contributed by atoms with E-state index in [1.54, 1.807) is 18.6 Å². The third-order valence-corrected chi connectivity index (χ3v) is 5.71. The van der Waals surface area contributed by atoms with Crippen LogP contribution in [0.15, 0.2) is 18.6 Å². The van der Waals surface area contributed by atoms with E-state index in [4.69, 9.17) is 4.74 Å². The molecule has 2 aliphatic rings. The molecule has 1 N–H and O–H groups in total. The largest absolute Gasteiger partial charge is 0.378 e. The van der Waals surface area contributed by atoms with E-state index in [2.05, 4.69) is 37.4 Å². The molecule has 0 aromatic carbocycles. The summed E-state index contributed by atoms with van der Waals surface area (Å²) in [5.74, 6) is 1.15. The van der Waals surface area contributed by atoms with Gasteiger partial charge in [-0.25, -0.2) is 4.98 Å². The first-order valence-electron chi connectivity index (χ1n) is 10.5. The molecule has 1 unspecified atom stereocenters. The Morgan fingerprint density at radius 3 is 2.86 bits per heavy atom. The fraction of sp³-hybridized carbons (Fsp3) is 0.650. The van der Waals surface area contributed by atoms with Gasteiger partial charge in [0.05, 0.1) is 18.2 Å². The van der Waals surface area contributed by atoms with Crippen LogP contribution in [0.1, 0.15) is 43.8 Å². The number of hydrogen-bond acceptors (Lipinski definition) is 7. The van der Waals surface area contributed by atoms with Crippen LogP contribution in [0.3, 0.4) is 0 Å². The van der Waals surface area contributed by atoms with Gasteiger partial charge in [-0.1, -0.05) is 0 Å². The molecule has 0 spiro atoms. The molecule has 0 bridgehead atoms. The minimum Gasteiger partial charge on any atom is -0.378 e. The maximum absolute atomic E-state index is 12.7. The molecule has 0 radical (unpaired) electrons. The number of aromatic nitrogens is 5. The van der Waals surface area contributed by atoms with Gasteiger partial charge in [0.2, 0.25) is 5.91 Å². The van der Waals surface area contributed by atoms with Crippen molar-refractivity contribution in [3.8, 4) is 11.5 Å². The van der Waals surface area contributed by atoms with E-state index in [0.717, 1.165) is 57.6 Å². The fourth-order valence-electron chi connectivity index (χ4n) is 4.04. The maximum Gasteiger partial charge on any atom is 0.230 e. The van der Waals surface area contributed by atoms with E-state index in [9.17, 15) is 4.79 Å².